The zero-order valence-corrected chi connectivity index (χ0v) is 7.49. The molecule has 0 fully saturated rings. The Labute approximate surface area is 76.6 Å². The summed E-state index contributed by atoms with van der Waals surface area (Å²) in [5.41, 5.74) is 7.59. The second-order valence-corrected chi connectivity index (χ2v) is 2.92. The van der Waals surface area contributed by atoms with Gasteiger partial charge in [0.05, 0.1) is 11.2 Å². The lowest BCUT2D eigenvalue weighted by Gasteiger charge is -2.03. The van der Waals surface area contributed by atoms with Gasteiger partial charge in [0, 0.05) is 11.6 Å². The molecule has 3 heteroatoms. The maximum Gasteiger partial charge on any atom is 0.124 e. The molecule has 0 amide bonds. The van der Waals surface area contributed by atoms with E-state index < -0.39 is 0 Å². The molecule has 2 heterocycles. The van der Waals surface area contributed by atoms with Crippen LogP contribution in [0.15, 0.2) is 24.4 Å². The maximum atomic E-state index is 5.66. The van der Waals surface area contributed by atoms with Gasteiger partial charge >= 0.3 is 0 Å². The first-order chi connectivity index (χ1) is 6.31. The molecular weight excluding hydrogens is 162 g/mol. The van der Waals surface area contributed by atoms with Gasteiger partial charge in [0.15, 0.2) is 0 Å². The van der Waals surface area contributed by atoms with Crippen LogP contribution < -0.4 is 5.73 Å². The highest BCUT2D eigenvalue weighted by molar-refractivity contribution is 5.82. The van der Waals surface area contributed by atoms with E-state index in [1.165, 1.54) is 0 Å². The topological polar surface area (TPSA) is 51.8 Å². The van der Waals surface area contributed by atoms with Crippen LogP contribution in [-0.2, 0) is 6.42 Å². The summed E-state index contributed by atoms with van der Waals surface area (Å²) < 4.78 is 0. The number of aromatic nitrogens is 2. The van der Waals surface area contributed by atoms with Crippen molar-refractivity contribution in [2.24, 2.45) is 0 Å². The summed E-state index contributed by atoms with van der Waals surface area (Å²) in [6.45, 7) is 2.05. The van der Waals surface area contributed by atoms with Crippen LogP contribution in [0, 0.1) is 0 Å². The standard InChI is InChI=1S/C10H11N3/c1-2-8-10-7(4-3-5-12-10)6-9(11)13-8/h3-6H,2H2,1H3,(H2,11,13). The number of rotatable bonds is 1. The Morgan fingerprint density at radius 2 is 2.31 bits per heavy atom. The number of pyridine rings is 2. The van der Waals surface area contributed by atoms with Crippen LogP contribution in [0.3, 0.4) is 0 Å². The van der Waals surface area contributed by atoms with Gasteiger partial charge in [-0.15, -0.1) is 0 Å². The van der Waals surface area contributed by atoms with Crippen LogP contribution >= 0.6 is 0 Å². The first-order valence-electron chi connectivity index (χ1n) is 4.31. The highest BCUT2D eigenvalue weighted by Gasteiger charge is 2.02. The van der Waals surface area contributed by atoms with Crippen molar-refractivity contribution in [3.05, 3.63) is 30.1 Å². The molecule has 66 valence electrons. The minimum atomic E-state index is 0.567. The Morgan fingerprint density at radius 1 is 1.46 bits per heavy atom. The molecule has 0 spiro atoms. The third kappa shape index (κ3) is 1.33. The number of fused-ring (bicyclic) bond motifs is 1. The van der Waals surface area contributed by atoms with Crippen LogP contribution in [0.1, 0.15) is 12.6 Å². The summed E-state index contributed by atoms with van der Waals surface area (Å²) in [6.07, 6.45) is 2.64. The molecule has 3 nitrogen and oxygen atoms in total. The van der Waals surface area contributed by atoms with Crippen molar-refractivity contribution in [1.82, 2.24) is 9.97 Å². The van der Waals surface area contributed by atoms with Crippen molar-refractivity contribution in [3.8, 4) is 0 Å². The summed E-state index contributed by atoms with van der Waals surface area (Å²) >= 11 is 0. The van der Waals surface area contributed by atoms with Gasteiger partial charge in [0.25, 0.3) is 0 Å². The van der Waals surface area contributed by atoms with Crippen molar-refractivity contribution in [1.29, 1.82) is 0 Å². The van der Waals surface area contributed by atoms with Gasteiger partial charge in [0.1, 0.15) is 5.82 Å². The van der Waals surface area contributed by atoms with Crippen molar-refractivity contribution in [3.63, 3.8) is 0 Å². The Bertz CT molecular complexity index is 437. The Balaban J connectivity index is 2.81. The minimum Gasteiger partial charge on any atom is -0.384 e. The molecule has 0 aliphatic rings. The average Bonchev–Trinajstić information content (AvgIpc) is 2.16. The minimum absolute atomic E-state index is 0.567. The normalized spacial score (nSPS) is 10.5. The molecule has 0 bridgehead atoms. The Morgan fingerprint density at radius 3 is 3.08 bits per heavy atom. The molecule has 2 rings (SSSR count). The summed E-state index contributed by atoms with van der Waals surface area (Å²) in [4.78, 5) is 8.51. The summed E-state index contributed by atoms with van der Waals surface area (Å²) in [5, 5.41) is 1.06. The van der Waals surface area contributed by atoms with E-state index in [2.05, 4.69) is 16.9 Å². The van der Waals surface area contributed by atoms with E-state index in [0.717, 1.165) is 23.0 Å². The largest absolute Gasteiger partial charge is 0.384 e. The van der Waals surface area contributed by atoms with E-state index in [1.807, 2.05) is 18.2 Å². The van der Waals surface area contributed by atoms with E-state index >= 15 is 0 Å². The molecular formula is C10H11N3. The van der Waals surface area contributed by atoms with Gasteiger partial charge in [-0.1, -0.05) is 13.0 Å². The number of anilines is 1. The zero-order valence-electron chi connectivity index (χ0n) is 7.49. The predicted octanol–water partition coefficient (Wildman–Crippen LogP) is 1.77. The highest BCUT2D eigenvalue weighted by Crippen LogP contribution is 2.17. The number of nitrogens with two attached hydrogens (primary N) is 1. The first kappa shape index (κ1) is 7.98. The van der Waals surface area contributed by atoms with Gasteiger partial charge in [0.2, 0.25) is 0 Å². The quantitative estimate of drug-likeness (QED) is 0.715. The second-order valence-electron chi connectivity index (χ2n) is 2.92. The molecule has 0 aliphatic heterocycles. The molecule has 13 heavy (non-hydrogen) atoms. The Kier molecular flexibility index (Phi) is 1.85. The fourth-order valence-corrected chi connectivity index (χ4v) is 1.42. The number of hydrogen-bond donors (Lipinski definition) is 1. The van der Waals surface area contributed by atoms with Gasteiger partial charge in [-0.2, -0.15) is 0 Å². The second kappa shape index (κ2) is 3.01. The Hall–Kier alpha value is -1.64. The number of aryl methyl sites for hydroxylation is 1. The fourth-order valence-electron chi connectivity index (χ4n) is 1.42. The average molecular weight is 173 g/mol. The molecule has 2 aromatic rings. The third-order valence-electron chi connectivity index (χ3n) is 2.01. The van der Waals surface area contributed by atoms with Crippen molar-refractivity contribution < 1.29 is 0 Å². The molecule has 0 aromatic carbocycles. The molecule has 0 aliphatic carbocycles. The smallest absolute Gasteiger partial charge is 0.124 e. The van der Waals surface area contributed by atoms with Crippen molar-refractivity contribution in [2.45, 2.75) is 13.3 Å². The number of hydrogen-bond acceptors (Lipinski definition) is 3. The van der Waals surface area contributed by atoms with Gasteiger partial charge in [-0.3, -0.25) is 4.98 Å². The third-order valence-corrected chi connectivity index (χ3v) is 2.01. The van der Waals surface area contributed by atoms with Crippen LogP contribution in [0.25, 0.3) is 10.9 Å². The van der Waals surface area contributed by atoms with Gasteiger partial charge in [-0.05, 0) is 18.6 Å². The predicted molar refractivity (Wildman–Crippen MR) is 53.3 cm³/mol. The van der Waals surface area contributed by atoms with E-state index in [9.17, 15) is 0 Å². The summed E-state index contributed by atoms with van der Waals surface area (Å²) in [6, 6.07) is 5.75. The SMILES string of the molecule is CCc1nc(N)cc2cccnc12. The maximum absolute atomic E-state index is 5.66. The highest BCUT2D eigenvalue weighted by atomic mass is 14.9. The van der Waals surface area contributed by atoms with E-state index in [0.29, 0.717) is 5.82 Å². The fraction of sp³-hybridized carbons (Fsp3) is 0.200. The zero-order chi connectivity index (χ0) is 9.26. The lowest BCUT2D eigenvalue weighted by Crippen LogP contribution is -1.97. The van der Waals surface area contributed by atoms with Gasteiger partial charge < -0.3 is 5.73 Å². The molecule has 2 aromatic heterocycles. The summed E-state index contributed by atoms with van der Waals surface area (Å²) in [7, 11) is 0. The van der Waals surface area contributed by atoms with Gasteiger partial charge in [-0.25, -0.2) is 4.98 Å². The monoisotopic (exact) mass is 173 g/mol. The lowest BCUT2D eigenvalue weighted by atomic mass is 10.2. The first-order valence-corrected chi connectivity index (χ1v) is 4.31. The molecule has 0 radical (unpaired) electrons. The van der Waals surface area contributed by atoms with Crippen molar-refractivity contribution >= 4 is 16.7 Å². The van der Waals surface area contributed by atoms with E-state index in [4.69, 9.17) is 5.73 Å². The molecule has 0 atom stereocenters. The van der Waals surface area contributed by atoms with Crippen LogP contribution in [0.4, 0.5) is 5.82 Å². The van der Waals surface area contributed by atoms with E-state index in [-0.39, 0.29) is 0 Å². The van der Waals surface area contributed by atoms with Crippen LogP contribution in [-0.4, -0.2) is 9.97 Å². The van der Waals surface area contributed by atoms with Crippen LogP contribution in [0.2, 0.25) is 0 Å². The van der Waals surface area contributed by atoms with E-state index in [1.54, 1.807) is 6.20 Å². The molecule has 0 saturated carbocycles. The van der Waals surface area contributed by atoms with Crippen LogP contribution in [0.5, 0.6) is 0 Å². The number of nitrogen functional groups attached to an aromatic ring is 1. The molecule has 0 saturated heterocycles. The molecule has 0 unspecified atom stereocenters. The number of nitrogens with zero attached hydrogens (tertiary/aromatic N) is 2. The lowest BCUT2D eigenvalue weighted by molar-refractivity contribution is 1.05. The molecule has 2 N–H and O–H groups in total. The van der Waals surface area contributed by atoms with Crippen molar-refractivity contribution in [2.75, 3.05) is 5.73 Å². The summed E-state index contributed by atoms with van der Waals surface area (Å²) in [5.74, 6) is 0.567.